The number of likely N-dealkylation sites (tertiary alicyclic amines) is 1. The molecule has 132 valence electrons. The lowest BCUT2D eigenvalue weighted by atomic mass is 10.0. The number of rotatable bonds is 3. The van der Waals surface area contributed by atoms with Gasteiger partial charge < -0.3 is 14.6 Å². The number of nitrogens with one attached hydrogen (secondary N) is 1. The van der Waals surface area contributed by atoms with E-state index in [4.69, 9.17) is 4.42 Å². The van der Waals surface area contributed by atoms with Crippen molar-refractivity contribution in [2.24, 2.45) is 0 Å². The van der Waals surface area contributed by atoms with E-state index in [0.717, 1.165) is 24.0 Å². The standard InChI is InChI=1S/C19H21BrN2O3/c1-12-3-4-14(11-13(12)2)19(24)22-9-7-15(8-10-22)21-18(23)16-5-6-17(20)25-16/h3-6,11,15H,7-10H2,1-2H3,(H,21,23). The number of nitrogens with zero attached hydrogens (tertiary/aromatic N) is 1. The Morgan fingerprint density at radius 2 is 1.84 bits per heavy atom. The van der Waals surface area contributed by atoms with Crippen LogP contribution in [0.3, 0.4) is 0 Å². The molecule has 0 saturated carbocycles. The SMILES string of the molecule is Cc1ccc(C(=O)N2CCC(NC(=O)c3ccc(Br)o3)CC2)cc1C. The van der Waals surface area contributed by atoms with Gasteiger partial charge in [0.25, 0.3) is 11.8 Å². The van der Waals surface area contributed by atoms with Gasteiger partial charge in [0.2, 0.25) is 0 Å². The molecule has 2 aromatic rings. The minimum Gasteiger partial charge on any atom is -0.444 e. The highest BCUT2D eigenvalue weighted by atomic mass is 79.9. The number of piperidine rings is 1. The van der Waals surface area contributed by atoms with Gasteiger partial charge in [-0.3, -0.25) is 9.59 Å². The monoisotopic (exact) mass is 404 g/mol. The van der Waals surface area contributed by atoms with Crippen molar-refractivity contribution in [1.82, 2.24) is 10.2 Å². The first-order valence-electron chi connectivity index (χ1n) is 8.37. The molecule has 6 heteroatoms. The molecule has 1 N–H and O–H groups in total. The Bertz CT molecular complexity index is 792. The number of carbonyl (C=O) groups is 2. The van der Waals surface area contributed by atoms with Crippen LogP contribution in [-0.4, -0.2) is 35.8 Å². The van der Waals surface area contributed by atoms with Crippen molar-refractivity contribution in [2.75, 3.05) is 13.1 Å². The van der Waals surface area contributed by atoms with Crippen LogP contribution >= 0.6 is 15.9 Å². The highest BCUT2D eigenvalue weighted by molar-refractivity contribution is 9.10. The molecular weight excluding hydrogens is 384 g/mol. The molecule has 0 bridgehead atoms. The van der Waals surface area contributed by atoms with Gasteiger partial charge in [-0.15, -0.1) is 0 Å². The van der Waals surface area contributed by atoms with E-state index in [1.54, 1.807) is 12.1 Å². The minimum atomic E-state index is -0.218. The molecule has 1 aliphatic heterocycles. The summed E-state index contributed by atoms with van der Waals surface area (Å²) in [6.45, 7) is 5.33. The van der Waals surface area contributed by atoms with E-state index in [0.29, 0.717) is 23.5 Å². The summed E-state index contributed by atoms with van der Waals surface area (Å²) in [4.78, 5) is 26.6. The fraction of sp³-hybridized carbons (Fsp3) is 0.368. The van der Waals surface area contributed by atoms with Gasteiger partial charge in [-0.05, 0) is 78.0 Å². The minimum absolute atomic E-state index is 0.0557. The van der Waals surface area contributed by atoms with E-state index in [9.17, 15) is 9.59 Å². The molecule has 1 aromatic heterocycles. The number of furan rings is 1. The van der Waals surface area contributed by atoms with Gasteiger partial charge in [0, 0.05) is 24.7 Å². The fourth-order valence-electron chi connectivity index (χ4n) is 2.98. The summed E-state index contributed by atoms with van der Waals surface area (Å²) >= 11 is 3.19. The van der Waals surface area contributed by atoms with Crippen LogP contribution in [0.1, 0.15) is 44.9 Å². The predicted molar refractivity (Wildman–Crippen MR) is 98.7 cm³/mol. The zero-order valence-corrected chi connectivity index (χ0v) is 15.9. The van der Waals surface area contributed by atoms with Crippen molar-refractivity contribution in [3.05, 3.63) is 57.5 Å². The number of halogens is 1. The number of hydrogen-bond donors (Lipinski definition) is 1. The zero-order chi connectivity index (χ0) is 18.0. The van der Waals surface area contributed by atoms with Crippen molar-refractivity contribution in [3.63, 3.8) is 0 Å². The molecule has 3 rings (SSSR count). The molecule has 0 atom stereocenters. The summed E-state index contributed by atoms with van der Waals surface area (Å²) in [6.07, 6.45) is 1.48. The van der Waals surface area contributed by atoms with Crippen molar-refractivity contribution in [2.45, 2.75) is 32.7 Å². The van der Waals surface area contributed by atoms with Crippen LogP contribution in [0, 0.1) is 13.8 Å². The quantitative estimate of drug-likeness (QED) is 0.847. The summed E-state index contributed by atoms with van der Waals surface area (Å²) < 4.78 is 5.80. The van der Waals surface area contributed by atoms with Crippen LogP contribution in [0.25, 0.3) is 0 Å². The number of aryl methyl sites for hydroxylation is 2. The molecule has 0 unspecified atom stereocenters. The lowest BCUT2D eigenvalue weighted by Gasteiger charge is -2.32. The van der Waals surface area contributed by atoms with Crippen LogP contribution in [0.2, 0.25) is 0 Å². The smallest absolute Gasteiger partial charge is 0.287 e. The summed E-state index contributed by atoms with van der Waals surface area (Å²) in [5.74, 6) is 0.132. The normalized spacial score (nSPS) is 15.2. The van der Waals surface area contributed by atoms with Crippen molar-refractivity contribution < 1.29 is 14.0 Å². The fourth-order valence-corrected chi connectivity index (χ4v) is 3.28. The van der Waals surface area contributed by atoms with Crippen LogP contribution in [0.5, 0.6) is 0 Å². The van der Waals surface area contributed by atoms with Gasteiger partial charge in [0.1, 0.15) is 0 Å². The van der Waals surface area contributed by atoms with E-state index in [1.165, 1.54) is 5.56 Å². The molecule has 0 spiro atoms. The van der Waals surface area contributed by atoms with Gasteiger partial charge >= 0.3 is 0 Å². The molecule has 5 nitrogen and oxygen atoms in total. The topological polar surface area (TPSA) is 62.6 Å². The van der Waals surface area contributed by atoms with E-state index in [2.05, 4.69) is 21.2 Å². The third kappa shape index (κ3) is 4.12. The van der Waals surface area contributed by atoms with E-state index in [-0.39, 0.29) is 17.9 Å². The Morgan fingerprint density at radius 1 is 1.12 bits per heavy atom. The summed E-state index contributed by atoms with van der Waals surface area (Å²) in [5.41, 5.74) is 3.03. The second kappa shape index (κ2) is 7.44. The number of hydrogen-bond acceptors (Lipinski definition) is 3. The van der Waals surface area contributed by atoms with Crippen molar-refractivity contribution >= 4 is 27.7 Å². The van der Waals surface area contributed by atoms with Crippen LogP contribution in [0.15, 0.2) is 39.4 Å². The van der Waals surface area contributed by atoms with Gasteiger partial charge in [-0.2, -0.15) is 0 Å². The van der Waals surface area contributed by atoms with Crippen LogP contribution in [0.4, 0.5) is 0 Å². The Morgan fingerprint density at radius 3 is 2.44 bits per heavy atom. The summed E-state index contributed by atoms with van der Waals surface area (Å²) in [7, 11) is 0. The molecule has 1 aliphatic rings. The molecule has 1 fully saturated rings. The van der Waals surface area contributed by atoms with E-state index >= 15 is 0 Å². The maximum absolute atomic E-state index is 12.6. The molecule has 1 saturated heterocycles. The Balaban J connectivity index is 1.55. The molecule has 0 radical (unpaired) electrons. The lowest BCUT2D eigenvalue weighted by molar-refractivity contribution is 0.0695. The Kier molecular flexibility index (Phi) is 5.27. The first-order chi connectivity index (χ1) is 11.9. The van der Waals surface area contributed by atoms with Crippen LogP contribution in [-0.2, 0) is 0 Å². The third-order valence-electron chi connectivity index (χ3n) is 4.67. The number of benzene rings is 1. The van der Waals surface area contributed by atoms with Crippen molar-refractivity contribution in [3.8, 4) is 0 Å². The maximum Gasteiger partial charge on any atom is 0.287 e. The summed E-state index contributed by atoms with van der Waals surface area (Å²) in [6, 6.07) is 9.20. The maximum atomic E-state index is 12.6. The molecule has 2 heterocycles. The number of carbonyl (C=O) groups excluding carboxylic acids is 2. The largest absolute Gasteiger partial charge is 0.444 e. The molecule has 2 amide bonds. The Hall–Kier alpha value is -2.08. The highest BCUT2D eigenvalue weighted by Crippen LogP contribution is 2.18. The van der Waals surface area contributed by atoms with E-state index in [1.807, 2.05) is 36.9 Å². The van der Waals surface area contributed by atoms with Crippen molar-refractivity contribution in [1.29, 1.82) is 0 Å². The van der Waals surface area contributed by atoms with Gasteiger partial charge in [0.15, 0.2) is 10.4 Å². The molecule has 0 aliphatic carbocycles. The first kappa shape index (κ1) is 17.7. The number of amides is 2. The summed E-state index contributed by atoms with van der Waals surface area (Å²) in [5, 5.41) is 2.97. The van der Waals surface area contributed by atoms with Gasteiger partial charge in [-0.1, -0.05) is 6.07 Å². The highest BCUT2D eigenvalue weighted by Gasteiger charge is 2.25. The second-order valence-electron chi connectivity index (χ2n) is 6.44. The second-order valence-corrected chi connectivity index (χ2v) is 7.22. The third-order valence-corrected chi connectivity index (χ3v) is 5.09. The lowest BCUT2D eigenvalue weighted by Crippen LogP contribution is -2.46. The zero-order valence-electron chi connectivity index (χ0n) is 14.3. The predicted octanol–water partition coefficient (Wildman–Crippen LogP) is 3.69. The first-order valence-corrected chi connectivity index (χ1v) is 9.16. The molecular formula is C19H21BrN2O3. The molecule has 1 aromatic carbocycles. The Labute approximate surface area is 155 Å². The van der Waals surface area contributed by atoms with Gasteiger partial charge in [0.05, 0.1) is 0 Å². The average molecular weight is 405 g/mol. The van der Waals surface area contributed by atoms with Gasteiger partial charge in [-0.25, -0.2) is 0 Å². The molecule has 25 heavy (non-hydrogen) atoms. The van der Waals surface area contributed by atoms with E-state index < -0.39 is 0 Å². The van der Waals surface area contributed by atoms with Crippen LogP contribution < -0.4 is 5.32 Å². The average Bonchev–Trinajstić information content (AvgIpc) is 3.04.